The van der Waals surface area contributed by atoms with Gasteiger partial charge in [-0.2, -0.15) is 0 Å². The van der Waals surface area contributed by atoms with E-state index >= 15 is 0 Å². The van der Waals surface area contributed by atoms with Crippen LogP contribution in [0.15, 0.2) is 0 Å². The van der Waals surface area contributed by atoms with Gasteiger partial charge in [0.05, 0.1) is 26.4 Å². The van der Waals surface area contributed by atoms with E-state index in [0.717, 1.165) is 95.8 Å². The number of aliphatic hydroxyl groups is 1. The first kappa shape index (κ1) is 92.1. The van der Waals surface area contributed by atoms with Crippen molar-refractivity contribution in [2.45, 2.75) is 412 Å². The van der Waals surface area contributed by atoms with Gasteiger partial charge in [-0.3, -0.25) is 37.3 Å². The van der Waals surface area contributed by atoms with Crippen LogP contribution in [0, 0.1) is 5.92 Å². The number of ether oxygens (including phenoxy) is 4. The van der Waals surface area contributed by atoms with Crippen LogP contribution in [0.2, 0.25) is 0 Å². The summed E-state index contributed by atoms with van der Waals surface area (Å²) in [6.45, 7) is 7.30. The van der Waals surface area contributed by atoms with Gasteiger partial charge < -0.3 is 33.8 Å². The normalized spacial score (nSPS) is 14.0. The fourth-order valence-corrected chi connectivity index (χ4v) is 13.1. The highest BCUT2D eigenvalue weighted by Crippen LogP contribution is 2.45. The molecule has 0 aliphatic carbocycles. The maximum atomic E-state index is 13.1. The van der Waals surface area contributed by atoms with Gasteiger partial charge in [0.25, 0.3) is 0 Å². The van der Waals surface area contributed by atoms with Gasteiger partial charge >= 0.3 is 39.5 Å². The van der Waals surface area contributed by atoms with E-state index in [9.17, 15) is 43.2 Å². The molecule has 2 unspecified atom stereocenters. The molecule has 0 rings (SSSR count). The van der Waals surface area contributed by atoms with E-state index in [2.05, 4.69) is 34.6 Å². The molecule has 0 saturated heterocycles. The van der Waals surface area contributed by atoms with E-state index in [1.165, 1.54) is 218 Å². The summed E-state index contributed by atoms with van der Waals surface area (Å²) in [5, 5.41) is 10.6. The Morgan fingerprint density at radius 3 is 0.723 bits per heavy atom. The zero-order valence-corrected chi connectivity index (χ0v) is 62.9. The molecule has 0 aliphatic heterocycles. The van der Waals surface area contributed by atoms with Crippen LogP contribution in [0.5, 0.6) is 0 Å². The number of carbonyl (C=O) groups is 4. The molecule has 0 radical (unpaired) electrons. The van der Waals surface area contributed by atoms with Crippen molar-refractivity contribution in [3.63, 3.8) is 0 Å². The van der Waals surface area contributed by atoms with Gasteiger partial charge in [-0.1, -0.05) is 343 Å². The standard InChI is InChI=1S/C75H146O17P2/c1-6-9-12-15-18-21-24-27-28-29-30-35-41-46-51-56-61-75(80)92-71(65-86-73(78)59-54-49-44-39-36-31-32-37-42-47-52-57-68(4)5)67-90-94(83,84)88-63-69(76)62-87-93(81,82)89-66-70(91-74(79)60-55-50-45-40-34-26-23-20-17-14-11-8-3)64-85-72(77)58-53-48-43-38-33-25-22-19-16-13-10-7-2/h68-71,76H,6-67H2,1-5H3,(H,81,82)(H,83,84)/t69-,70+,71+/m0/s1. The van der Waals surface area contributed by atoms with Crippen molar-refractivity contribution < 1.29 is 80.2 Å². The predicted molar refractivity (Wildman–Crippen MR) is 382 cm³/mol. The highest BCUT2D eigenvalue weighted by molar-refractivity contribution is 7.47. The quantitative estimate of drug-likeness (QED) is 0.0222. The summed E-state index contributed by atoms with van der Waals surface area (Å²) < 4.78 is 68.5. The minimum absolute atomic E-state index is 0.108. The van der Waals surface area contributed by atoms with Crippen molar-refractivity contribution in [2.24, 2.45) is 5.92 Å². The van der Waals surface area contributed by atoms with Crippen LogP contribution < -0.4 is 0 Å². The lowest BCUT2D eigenvalue weighted by Crippen LogP contribution is -2.30. The van der Waals surface area contributed by atoms with E-state index in [-0.39, 0.29) is 25.7 Å². The third kappa shape index (κ3) is 68.6. The van der Waals surface area contributed by atoms with Crippen LogP contribution in [-0.4, -0.2) is 96.7 Å². The second kappa shape index (κ2) is 68.2. The van der Waals surface area contributed by atoms with Gasteiger partial charge in [0.15, 0.2) is 12.2 Å². The van der Waals surface area contributed by atoms with Gasteiger partial charge in [0.1, 0.15) is 19.3 Å². The number of carbonyl (C=O) groups excluding carboxylic acids is 4. The first-order valence-electron chi connectivity index (χ1n) is 39.1. The van der Waals surface area contributed by atoms with E-state index < -0.39 is 97.5 Å². The molecule has 0 spiro atoms. The fourth-order valence-electron chi connectivity index (χ4n) is 11.5. The van der Waals surface area contributed by atoms with Gasteiger partial charge in [0, 0.05) is 25.7 Å². The highest BCUT2D eigenvalue weighted by atomic mass is 31.2. The van der Waals surface area contributed by atoms with E-state index in [0.29, 0.717) is 25.7 Å². The summed E-state index contributed by atoms with van der Waals surface area (Å²) in [6.07, 6.45) is 56.6. The maximum absolute atomic E-state index is 13.1. The van der Waals surface area contributed by atoms with Gasteiger partial charge in [-0.25, -0.2) is 9.13 Å². The van der Waals surface area contributed by atoms with Crippen molar-refractivity contribution >= 4 is 39.5 Å². The first-order chi connectivity index (χ1) is 45.5. The molecule has 5 atom stereocenters. The van der Waals surface area contributed by atoms with Crippen LogP contribution in [0.25, 0.3) is 0 Å². The Morgan fingerprint density at radius 2 is 0.489 bits per heavy atom. The second-order valence-corrected chi connectivity index (χ2v) is 30.4. The molecule has 0 fully saturated rings. The van der Waals surface area contributed by atoms with Crippen molar-refractivity contribution in [1.29, 1.82) is 0 Å². The number of aliphatic hydroxyl groups excluding tert-OH is 1. The molecule has 0 heterocycles. The van der Waals surface area contributed by atoms with E-state index in [1.54, 1.807) is 0 Å². The summed E-state index contributed by atoms with van der Waals surface area (Å²) in [4.78, 5) is 72.8. The lowest BCUT2D eigenvalue weighted by molar-refractivity contribution is -0.161. The minimum atomic E-state index is -4.96. The average molecular weight is 1380 g/mol. The minimum Gasteiger partial charge on any atom is -0.462 e. The smallest absolute Gasteiger partial charge is 0.462 e. The molecule has 558 valence electrons. The van der Waals surface area contributed by atoms with Crippen LogP contribution >= 0.6 is 15.6 Å². The number of hydrogen-bond acceptors (Lipinski definition) is 15. The largest absolute Gasteiger partial charge is 0.472 e. The SMILES string of the molecule is CCCCCCCCCCCCCCCCCCC(=O)O[C@H](COC(=O)CCCCCCCCCCCCCC(C)C)COP(=O)(O)OC[C@@H](O)COP(=O)(O)OC[C@@H](COC(=O)CCCCCCCCCCCCCC)OC(=O)CCCCCCCCCCCCCC. The summed E-state index contributed by atoms with van der Waals surface area (Å²) in [7, 11) is -9.91. The molecular formula is C75H146O17P2. The zero-order valence-electron chi connectivity index (χ0n) is 61.1. The maximum Gasteiger partial charge on any atom is 0.472 e. The third-order valence-corrected chi connectivity index (χ3v) is 19.4. The van der Waals surface area contributed by atoms with Crippen molar-refractivity contribution in [3.8, 4) is 0 Å². The Hall–Kier alpha value is -1.94. The number of esters is 4. The summed E-state index contributed by atoms with van der Waals surface area (Å²) in [6, 6.07) is 0. The predicted octanol–water partition coefficient (Wildman–Crippen LogP) is 22.1. The first-order valence-corrected chi connectivity index (χ1v) is 42.1. The Kier molecular flexibility index (Phi) is 66.8. The Bertz CT molecular complexity index is 1810. The molecule has 0 aliphatic rings. The lowest BCUT2D eigenvalue weighted by Gasteiger charge is -2.21. The van der Waals surface area contributed by atoms with E-state index in [4.69, 9.17) is 37.0 Å². The van der Waals surface area contributed by atoms with Crippen molar-refractivity contribution in [2.75, 3.05) is 39.6 Å². The molecule has 0 aromatic carbocycles. The summed E-state index contributed by atoms with van der Waals surface area (Å²) in [5.74, 6) is -1.34. The van der Waals surface area contributed by atoms with Crippen LogP contribution in [-0.2, 0) is 65.4 Å². The molecule has 94 heavy (non-hydrogen) atoms. The number of hydrogen-bond donors (Lipinski definition) is 3. The number of rotatable bonds is 75. The number of phosphoric acid groups is 2. The molecule has 0 aromatic rings. The van der Waals surface area contributed by atoms with E-state index in [1.807, 2.05) is 0 Å². The summed E-state index contributed by atoms with van der Waals surface area (Å²) >= 11 is 0. The van der Waals surface area contributed by atoms with Crippen molar-refractivity contribution in [3.05, 3.63) is 0 Å². The van der Waals surface area contributed by atoms with Gasteiger partial charge in [0.2, 0.25) is 0 Å². The van der Waals surface area contributed by atoms with Gasteiger partial charge in [-0.15, -0.1) is 0 Å². The van der Waals surface area contributed by atoms with Crippen LogP contribution in [0.3, 0.4) is 0 Å². The molecule has 3 N–H and O–H groups in total. The zero-order chi connectivity index (χ0) is 69.1. The molecule has 0 aromatic heterocycles. The Balaban J connectivity index is 5.25. The molecule has 17 nitrogen and oxygen atoms in total. The number of unbranched alkanes of at least 4 members (excludes halogenated alkanes) is 47. The summed E-state index contributed by atoms with van der Waals surface area (Å²) in [5.41, 5.74) is 0. The van der Waals surface area contributed by atoms with Crippen LogP contribution in [0.4, 0.5) is 0 Å². The van der Waals surface area contributed by atoms with Crippen molar-refractivity contribution in [1.82, 2.24) is 0 Å². The average Bonchev–Trinajstić information content (AvgIpc) is 2.21. The molecule has 0 amide bonds. The fraction of sp³-hybridized carbons (Fsp3) is 0.947. The molecule has 19 heteroatoms. The number of phosphoric ester groups is 2. The lowest BCUT2D eigenvalue weighted by atomic mass is 10.0. The second-order valence-electron chi connectivity index (χ2n) is 27.5. The Labute approximate surface area is 575 Å². The third-order valence-electron chi connectivity index (χ3n) is 17.5. The molecule has 0 saturated carbocycles. The topological polar surface area (TPSA) is 237 Å². The monoisotopic (exact) mass is 1380 g/mol. The van der Waals surface area contributed by atoms with Crippen LogP contribution in [0.1, 0.15) is 394 Å². The highest BCUT2D eigenvalue weighted by Gasteiger charge is 2.30. The molecular weight excluding hydrogens is 1230 g/mol. The molecule has 0 bridgehead atoms. The Morgan fingerprint density at radius 1 is 0.287 bits per heavy atom. The van der Waals surface area contributed by atoms with Gasteiger partial charge in [-0.05, 0) is 31.6 Å².